The average molecular weight is 248 g/mol. The van der Waals surface area contributed by atoms with Gasteiger partial charge in [-0.2, -0.15) is 0 Å². The van der Waals surface area contributed by atoms with E-state index in [1.165, 1.54) is 18.2 Å². The zero-order valence-corrected chi connectivity index (χ0v) is 10.0. The van der Waals surface area contributed by atoms with Crippen molar-refractivity contribution in [2.75, 3.05) is 0 Å². The van der Waals surface area contributed by atoms with Crippen LogP contribution in [0.5, 0.6) is 0 Å². The number of nitrogens with zero attached hydrogens (tertiary/aromatic N) is 1. The van der Waals surface area contributed by atoms with E-state index in [4.69, 9.17) is 0 Å². The molecule has 1 N–H and O–H groups in total. The molecule has 0 aliphatic heterocycles. The summed E-state index contributed by atoms with van der Waals surface area (Å²) < 4.78 is 26.8. The van der Waals surface area contributed by atoms with Crippen LogP contribution in [0.15, 0.2) is 42.6 Å². The number of nitrogens with one attached hydrogen (secondary N) is 1. The van der Waals surface area contributed by atoms with E-state index in [1.54, 1.807) is 6.20 Å². The van der Waals surface area contributed by atoms with Crippen LogP contribution >= 0.6 is 0 Å². The lowest BCUT2D eigenvalue weighted by Crippen LogP contribution is -2.20. The maximum Gasteiger partial charge on any atom is 0.130 e. The highest BCUT2D eigenvalue weighted by Gasteiger charge is 2.11. The van der Waals surface area contributed by atoms with Gasteiger partial charge < -0.3 is 5.32 Å². The third-order valence-corrected chi connectivity index (χ3v) is 2.78. The zero-order valence-electron chi connectivity index (χ0n) is 10.0. The van der Waals surface area contributed by atoms with Gasteiger partial charge in [-0.15, -0.1) is 0 Å². The normalized spacial score (nSPS) is 12.4. The van der Waals surface area contributed by atoms with E-state index in [0.717, 1.165) is 5.69 Å². The molecule has 1 atom stereocenters. The van der Waals surface area contributed by atoms with E-state index < -0.39 is 11.6 Å². The second-order valence-corrected chi connectivity index (χ2v) is 4.06. The number of hydrogen-bond donors (Lipinski definition) is 1. The minimum atomic E-state index is -0.532. The molecule has 0 saturated carbocycles. The summed E-state index contributed by atoms with van der Waals surface area (Å²) >= 11 is 0. The Labute approximate surface area is 105 Å². The predicted octanol–water partition coefficient (Wildman–Crippen LogP) is 3.21. The van der Waals surface area contributed by atoms with Crippen LogP contribution in [0.3, 0.4) is 0 Å². The lowest BCUT2D eigenvalue weighted by atomic mass is 10.1. The van der Waals surface area contributed by atoms with Crippen LogP contribution < -0.4 is 5.32 Å². The van der Waals surface area contributed by atoms with Gasteiger partial charge in [-0.05, 0) is 31.2 Å². The van der Waals surface area contributed by atoms with Gasteiger partial charge in [-0.3, -0.25) is 4.98 Å². The quantitative estimate of drug-likeness (QED) is 0.898. The van der Waals surface area contributed by atoms with Crippen molar-refractivity contribution in [3.63, 3.8) is 0 Å². The molecule has 0 fully saturated rings. The van der Waals surface area contributed by atoms with Gasteiger partial charge >= 0.3 is 0 Å². The summed E-state index contributed by atoms with van der Waals surface area (Å²) in [5.74, 6) is -1.06. The Kier molecular flexibility index (Phi) is 3.99. The second-order valence-electron chi connectivity index (χ2n) is 4.06. The molecule has 1 aromatic carbocycles. The van der Waals surface area contributed by atoms with Crippen LogP contribution in [-0.2, 0) is 6.54 Å². The van der Waals surface area contributed by atoms with E-state index in [0.29, 0.717) is 0 Å². The number of hydrogen-bond acceptors (Lipinski definition) is 2. The molecule has 2 aromatic rings. The average Bonchev–Trinajstić information content (AvgIpc) is 2.39. The first-order valence-corrected chi connectivity index (χ1v) is 5.75. The minimum Gasteiger partial charge on any atom is -0.305 e. The summed E-state index contributed by atoms with van der Waals surface area (Å²) in [5, 5.41) is 3.05. The highest BCUT2D eigenvalue weighted by Crippen LogP contribution is 2.14. The Hall–Kier alpha value is -1.81. The van der Waals surface area contributed by atoms with Crippen LogP contribution in [0.2, 0.25) is 0 Å². The highest BCUT2D eigenvalue weighted by atomic mass is 19.1. The molecular weight excluding hydrogens is 234 g/mol. The molecule has 2 rings (SSSR count). The Morgan fingerprint density at radius 1 is 1.11 bits per heavy atom. The van der Waals surface area contributed by atoms with Crippen molar-refractivity contribution in [3.8, 4) is 0 Å². The van der Waals surface area contributed by atoms with Crippen LogP contribution in [0.1, 0.15) is 24.2 Å². The van der Waals surface area contributed by atoms with Gasteiger partial charge in [0.1, 0.15) is 11.6 Å². The number of rotatable bonds is 4. The Bertz CT molecular complexity index is 494. The van der Waals surface area contributed by atoms with E-state index >= 15 is 0 Å². The summed E-state index contributed by atoms with van der Waals surface area (Å²) in [4.78, 5) is 4.19. The lowest BCUT2D eigenvalue weighted by Gasteiger charge is -2.13. The van der Waals surface area contributed by atoms with E-state index in [2.05, 4.69) is 10.3 Å². The molecule has 2 nitrogen and oxygen atoms in total. The molecule has 0 saturated heterocycles. The number of halogens is 2. The molecule has 0 amide bonds. The van der Waals surface area contributed by atoms with Crippen molar-refractivity contribution >= 4 is 0 Å². The molecule has 0 spiro atoms. The topological polar surface area (TPSA) is 24.9 Å². The van der Waals surface area contributed by atoms with Crippen molar-refractivity contribution in [1.29, 1.82) is 0 Å². The van der Waals surface area contributed by atoms with Crippen LogP contribution in [0.4, 0.5) is 8.78 Å². The Morgan fingerprint density at radius 3 is 2.44 bits per heavy atom. The molecular formula is C14H14F2N2. The van der Waals surface area contributed by atoms with Crippen LogP contribution in [-0.4, -0.2) is 4.98 Å². The molecule has 1 heterocycles. The number of aromatic nitrogens is 1. The lowest BCUT2D eigenvalue weighted by molar-refractivity contribution is 0.504. The van der Waals surface area contributed by atoms with Gasteiger partial charge in [0, 0.05) is 24.3 Å². The van der Waals surface area contributed by atoms with Gasteiger partial charge in [0.2, 0.25) is 0 Å². The number of benzene rings is 1. The van der Waals surface area contributed by atoms with Crippen molar-refractivity contribution in [2.24, 2.45) is 0 Å². The number of pyridine rings is 1. The standard InChI is InChI=1S/C14H14F2N2/c1-10(14-7-2-3-8-17-14)18-9-11-12(15)5-4-6-13(11)16/h2-8,10,18H,9H2,1H3/t10-/m0/s1. The van der Waals surface area contributed by atoms with Crippen molar-refractivity contribution in [1.82, 2.24) is 10.3 Å². The molecule has 0 unspecified atom stereocenters. The summed E-state index contributed by atoms with van der Waals surface area (Å²) in [6.07, 6.45) is 1.69. The van der Waals surface area contributed by atoms with Crippen molar-refractivity contribution in [2.45, 2.75) is 19.5 Å². The Balaban J connectivity index is 2.04. The molecule has 1 aromatic heterocycles. The Morgan fingerprint density at radius 2 is 1.83 bits per heavy atom. The minimum absolute atomic E-state index is 0.0558. The van der Waals surface area contributed by atoms with E-state index in [-0.39, 0.29) is 18.2 Å². The summed E-state index contributed by atoms with van der Waals surface area (Å²) in [5.41, 5.74) is 0.898. The first-order valence-electron chi connectivity index (χ1n) is 5.75. The first-order chi connectivity index (χ1) is 8.68. The van der Waals surface area contributed by atoms with Gasteiger partial charge in [0.25, 0.3) is 0 Å². The van der Waals surface area contributed by atoms with E-state index in [1.807, 2.05) is 25.1 Å². The van der Waals surface area contributed by atoms with Crippen molar-refractivity contribution in [3.05, 3.63) is 65.5 Å². The third kappa shape index (κ3) is 2.90. The maximum atomic E-state index is 13.4. The largest absolute Gasteiger partial charge is 0.305 e. The smallest absolute Gasteiger partial charge is 0.130 e. The fraction of sp³-hybridized carbons (Fsp3) is 0.214. The van der Waals surface area contributed by atoms with Crippen LogP contribution in [0.25, 0.3) is 0 Å². The molecule has 0 radical (unpaired) electrons. The summed E-state index contributed by atoms with van der Waals surface area (Å²) in [6.45, 7) is 2.04. The first kappa shape index (κ1) is 12.6. The molecule has 0 bridgehead atoms. The van der Waals surface area contributed by atoms with Gasteiger partial charge in [-0.25, -0.2) is 8.78 Å². The van der Waals surface area contributed by atoms with E-state index in [9.17, 15) is 8.78 Å². The predicted molar refractivity (Wildman–Crippen MR) is 65.8 cm³/mol. The molecule has 18 heavy (non-hydrogen) atoms. The van der Waals surface area contributed by atoms with Gasteiger partial charge in [0.05, 0.1) is 5.69 Å². The fourth-order valence-electron chi connectivity index (χ4n) is 1.69. The van der Waals surface area contributed by atoms with Crippen molar-refractivity contribution < 1.29 is 8.78 Å². The SMILES string of the molecule is C[C@H](NCc1c(F)cccc1F)c1ccccn1. The highest BCUT2D eigenvalue weighted by molar-refractivity contribution is 5.20. The summed E-state index contributed by atoms with van der Waals surface area (Å²) in [7, 11) is 0. The third-order valence-electron chi connectivity index (χ3n) is 2.78. The van der Waals surface area contributed by atoms with Gasteiger partial charge in [0.15, 0.2) is 0 Å². The maximum absolute atomic E-state index is 13.4. The van der Waals surface area contributed by atoms with Gasteiger partial charge in [-0.1, -0.05) is 12.1 Å². The molecule has 0 aliphatic rings. The van der Waals surface area contributed by atoms with Crippen LogP contribution in [0, 0.1) is 11.6 Å². The molecule has 94 valence electrons. The zero-order chi connectivity index (χ0) is 13.0. The monoisotopic (exact) mass is 248 g/mol. The molecule has 0 aliphatic carbocycles. The fourth-order valence-corrected chi connectivity index (χ4v) is 1.69. The molecule has 4 heteroatoms. The second kappa shape index (κ2) is 5.69. The summed E-state index contributed by atoms with van der Waals surface area (Å²) in [6, 6.07) is 9.38.